The zero-order valence-electron chi connectivity index (χ0n) is 11.1. The van der Waals surface area contributed by atoms with Gasteiger partial charge in [-0.25, -0.2) is 0 Å². The van der Waals surface area contributed by atoms with Crippen LogP contribution in [-0.2, 0) is 4.43 Å². The molecule has 0 saturated carbocycles. The van der Waals surface area contributed by atoms with E-state index in [0.29, 0.717) is 5.04 Å². The van der Waals surface area contributed by atoms with Gasteiger partial charge in [0.05, 0.1) is 0 Å². The maximum Gasteiger partial charge on any atom is 0.195 e. The highest BCUT2D eigenvalue weighted by atomic mass is 28.4. The third-order valence-electron chi connectivity index (χ3n) is 4.15. The second-order valence-corrected chi connectivity index (χ2v) is 10.3. The quantitative estimate of drug-likeness (QED) is 0.555. The van der Waals surface area contributed by atoms with Gasteiger partial charge in [0.1, 0.15) is 0 Å². The normalized spacial score (nSPS) is 27.0. The Morgan fingerprint density at radius 1 is 1.31 bits per heavy atom. The van der Waals surface area contributed by atoms with Crippen LogP contribution in [0, 0.1) is 0 Å². The first-order valence-electron chi connectivity index (χ1n) is 6.57. The summed E-state index contributed by atoms with van der Waals surface area (Å²) in [4.78, 5) is 0. The second-order valence-electron chi connectivity index (χ2n) is 5.71. The first-order chi connectivity index (χ1) is 7.52. The smallest absolute Gasteiger partial charge is 0.195 e. The Morgan fingerprint density at radius 3 is 2.62 bits per heavy atom. The first kappa shape index (κ1) is 14.2. The van der Waals surface area contributed by atoms with Crippen molar-refractivity contribution in [3.05, 3.63) is 0 Å². The fraction of sp³-hybridized carbons (Fsp3) is 1.00. The molecule has 0 bridgehead atoms. The van der Waals surface area contributed by atoms with Gasteiger partial charge in [-0.2, -0.15) is 0 Å². The van der Waals surface area contributed by atoms with Crippen molar-refractivity contribution in [3.63, 3.8) is 0 Å². The number of hydrogen-bond acceptors (Lipinski definition) is 3. The molecule has 0 spiro atoms. The van der Waals surface area contributed by atoms with E-state index in [1.54, 1.807) is 0 Å². The highest BCUT2D eigenvalue weighted by Gasteiger charge is 2.45. The van der Waals surface area contributed by atoms with E-state index in [9.17, 15) is 0 Å². The van der Waals surface area contributed by atoms with E-state index in [0.717, 1.165) is 26.2 Å². The maximum absolute atomic E-state index is 6.17. The Hall–Kier alpha value is 0.0969. The molecule has 0 aromatic heterocycles. The molecular formula is C12H28N2OSi. The van der Waals surface area contributed by atoms with Gasteiger partial charge in [0, 0.05) is 19.7 Å². The van der Waals surface area contributed by atoms with Crippen LogP contribution in [-0.4, -0.2) is 34.6 Å². The van der Waals surface area contributed by atoms with Gasteiger partial charge in [0.25, 0.3) is 0 Å². The summed E-state index contributed by atoms with van der Waals surface area (Å²) >= 11 is 0. The van der Waals surface area contributed by atoms with Crippen LogP contribution in [0.4, 0.5) is 0 Å². The predicted octanol–water partition coefficient (Wildman–Crippen LogP) is 2.09. The van der Waals surface area contributed by atoms with Crippen molar-refractivity contribution in [2.24, 2.45) is 5.73 Å². The van der Waals surface area contributed by atoms with Gasteiger partial charge >= 0.3 is 0 Å². The summed E-state index contributed by atoms with van der Waals surface area (Å²) in [5.41, 5.74) is 5.47. The molecule has 1 aliphatic heterocycles. The van der Waals surface area contributed by atoms with Crippen molar-refractivity contribution in [1.29, 1.82) is 0 Å². The van der Waals surface area contributed by atoms with E-state index in [1.807, 2.05) is 0 Å². The lowest BCUT2D eigenvalue weighted by Gasteiger charge is -2.44. The summed E-state index contributed by atoms with van der Waals surface area (Å²) in [6, 6.07) is 1.33. The molecule has 1 atom stereocenters. The van der Waals surface area contributed by atoms with Crippen LogP contribution in [0.3, 0.4) is 0 Å². The van der Waals surface area contributed by atoms with Crippen LogP contribution < -0.4 is 11.1 Å². The monoisotopic (exact) mass is 244 g/mol. The lowest BCUT2D eigenvalue weighted by atomic mass is 10.1. The van der Waals surface area contributed by atoms with Gasteiger partial charge < -0.3 is 15.5 Å². The standard InChI is InChI=1S/C12H28N2OSi/c1-12(2,6-8-14-9-7-13)16(3)11-5-4-10-15-16/h14H,4-11,13H2,1-3H3. The fourth-order valence-electron chi connectivity index (χ4n) is 2.36. The summed E-state index contributed by atoms with van der Waals surface area (Å²) < 4.78 is 6.17. The molecular weight excluding hydrogens is 216 g/mol. The Labute approximate surface area is 101 Å². The Balaban J connectivity index is 2.41. The molecule has 0 aromatic carbocycles. The molecule has 4 heteroatoms. The van der Waals surface area contributed by atoms with Gasteiger partial charge in [-0.1, -0.05) is 20.3 Å². The van der Waals surface area contributed by atoms with Crippen LogP contribution in [0.15, 0.2) is 0 Å². The van der Waals surface area contributed by atoms with Crippen LogP contribution in [0.5, 0.6) is 0 Å². The molecule has 1 fully saturated rings. The van der Waals surface area contributed by atoms with Crippen molar-refractivity contribution >= 4 is 8.32 Å². The topological polar surface area (TPSA) is 47.3 Å². The van der Waals surface area contributed by atoms with E-state index < -0.39 is 8.32 Å². The minimum absolute atomic E-state index is 0.370. The number of nitrogens with one attached hydrogen (secondary N) is 1. The summed E-state index contributed by atoms with van der Waals surface area (Å²) in [5, 5.41) is 3.76. The van der Waals surface area contributed by atoms with Crippen LogP contribution in [0.25, 0.3) is 0 Å². The van der Waals surface area contributed by atoms with Gasteiger partial charge in [-0.05, 0) is 37.0 Å². The lowest BCUT2D eigenvalue weighted by Crippen LogP contribution is -2.48. The summed E-state index contributed by atoms with van der Waals surface area (Å²) in [5.74, 6) is 0. The van der Waals surface area contributed by atoms with E-state index in [2.05, 4.69) is 25.7 Å². The third kappa shape index (κ3) is 3.55. The molecule has 0 aromatic rings. The Morgan fingerprint density at radius 2 is 2.06 bits per heavy atom. The van der Waals surface area contributed by atoms with E-state index in [4.69, 9.17) is 10.2 Å². The van der Waals surface area contributed by atoms with Crippen molar-refractivity contribution in [2.75, 3.05) is 26.2 Å². The molecule has 0 aliphatic carbocycles. The maximum atomic E-state index is 6.17. The SMILES string of the molecule is CC(C)(CCNCCN)[Si]1(C)CCCCO1. The van der Waals surface area contributed by atoms with E-state index in [-0.39, 0.29) is 0 Å². The first-order valence-corrected chi connectivity index (χ1v) is 9.18. The molecule has 1 aliphatic rings. The third-order valence-corrected chi connectivity index (χ3v) is 9.41. The van der Waals surface area contributed by atoms with Crippen LogP contribution in [0.2, 0.25) is 17.6 Å². The highest BCUT2D eigenvalue weighted by Crippen LogP contribution is 2.45. The lowest BCUT2D eigenvalue weighted by molar-refractivity contribution is 0.245. The van der Waals surface area contributed by atoms with Gasteiger partial charge in [-0.3, -0.25) is 0 Å². The number of hydrogen-bond donors (Lipinski definition) is 2. The van der Waals surface area contributed by atoms with Gasteiger partial charge in [0.2, 0.25) is 0 Å². The average Bonchev–Trinajstić information content (AvgIpc) is 2.25. The Bertz CT molecular complexity index is 203. The summed E-state index contributed by atoms with van der Waals surface area (Å²) in [6.45, 7) is 10.9. The van der Waals surface area contributed by atoms with E-state index >= 15 is 0 Å². The minimum Gasteiger partial charge on any atom is -0.417 e. The van der Waals surface area contributed by atoms with Gasteiger partial charge in [0.15, 0.2) is 8.32 Å². The Kier molecular flexibility index (Phi) is 5.44. The molecule has 0 radical (unpaired) electrons. The molecule has 1 rings (SSSR count). The molecule has 3 N–H and O–H groups in total. The molecule has 96 valence electrons. The second kappa shape index (κ2) is 6.14. The average molecular weight is 244 g/mol. The molecule has 1 saturated heterocycles. The predicted molar refractivity (Wildman–Crippen MR) is 72.2 cm³/mol. The number of nitrogens with two attached hydrogens (primary N) is 1. The highest BCUT2D eigenvalue weighted by molar-refractivity contribution is 6.75. The van der Waals surface area contributed by atoms with Crippen molar-refractivity contribution in [3.8, 4) is 0 Å². The van der Waals surface area contributed by atoms with Crippen molar-refractivity contribution in [2.45, 2.75) is 50.7 Å². The minimum atomic E-state index is -1.50. The molecule has 0 amide bonds. The molecule has 16 heavy (non-hydrogen) atoms. The van der Waals surface area contributed by atoms with Crippen LogP contribution >= 0.6 is 0 Å². The number of rotatable bonds is 6. The molecule has 1 heterocycles. The zero-order chi connectivity index (χ0) is 12.1. The summed E-state index contributed by atoms with van der Waals surface area (Å²) in [7, 11) is -1.50. The largest absolute Gasteiger partial charge is 0.417 e. The van der Waals surface area contributed by atoms with E-state index in [1.165, 1.54) is 25.3 Å². The molecule has 1 unspecified atom stereocenters. The van der Waals surface area contributed by atoms with Crippen molar-refractivity contribution in [1.82, 2.24) is 5.32 Å². The van der Waals surface area contributed by atoms with Crippen molar-refractivity contribution < 1.29 is 4.43 Å². The fourth-order valence-corrected chi connectivity index (χ4v) is 5.75. The van der Waals surface area contributed by atoms with Crippen LogP contribution in [0.1, 0.15) is 33.1 Å². The molecule has 3 nitrogen and oxygen atoms in total. The summed E-state index contributed by atoms with van der Waals surface area (Å²) in [6.07, 6.45) is 3.82. The van der Waals surface area contributed by atoms with Gasteiger partial charge in [-0.15, -0.1) is 0 Å². The zero-order valence-corrected chi connectivity index (χ0v) is 12.1.